The Morgan fingerprint density at radius 1 is 1.26 bits per heavy atom. The number of aliphatic hydroxyl groups excluding tert-OH is 1. The van der Waals surface area contributed by atoms with Crippen molar-refractivity contribution in [2.24, 2.45) is 0 Å². The molecule has 0 spiro atoms. The van der Waals surface area contributed by atoms with Crippen molar-refractivity contribution in [2.45, 2.75) is 32.9 Å². The van der Waals surface area contributed by atoms with Gasteiger partial charge in [-0.2, -0.15) is 0 Å². The van der Waals surface area contributed by atoms with E-state index < -0.39 is 6.10 Å². The molecule has 0 aliphatic rings. The fraction of sp³-hybridized carbons (Fsp3) is 0.375. The van der Waals surface area contributed by atoms with E-state index in [4.69, 9.17) is 4.42 Å². The summed E-state index contributed by atoms with van der Waals surface area (Å²) in [6, 6.07) is 9.99. The maximum absolute atomic E-state index is 10.1. The molecular formula is C16H21NO2. The highest BCUT2D eigenvalue weighted by molar-refractivity contribution is 5.54. The second-order valence-electron chi connectivity index (χ2n) is 4.84. The third-order valence-corrected chi connectivity index (χ3v) is 3.47. The van der Waals surface area contributed by atoms with Crippen LogP contribution in [0.3, 0.4) is 0 Å². The summed E-state index contributed by atoms with van der Waals surface area (Å²) in [5.41, 5.74) is 3.22. The topological polar surface area (TPSA) is 36.6 Å². The van der Waals surface area contributed by atoms with Gasteiger partial charge in [-0.05, 0) is 25.5 Å². The van der Waals surface area contributed by atoms with Gasteiger partial charge >= 0.3 is 0 Å². The Labute approximate surface area is 114 Å². The first kappa shape index (κ1) is 13.7. The molecule has 0 bridgehead atoms. The molecule has 0 unspecified atom stereocenters. The Bertz CT molecular complexity index is 533. The lowest BCUT2D eigenvalue weighted by atomic mass is 10.0. The molecule has 19 heavy (non-hydrogen) atoms. The van der Waals surface area contributed by atoms with Crippen LogP contribution in [0.1, 0.15) is 36.3 Å². The highest BCUT2D eigenvalue weighted by atomic mass is 16.3. The molecule has 1 aromatic heterocycles. The summed E-state index contributed by atoms with van der Waals surface area (Å²) in [6.07, 6.45) is 2.02. The monoisotopic (exact) mass is 259 g/mol. The van der Waals surface area contributed by atoms with Crippen LogP contribution in [-0.4, -0.2) is 12.2 Å². The predicted molar refractivity (Wildman–Crippen MR) is 77.2 cm³/mol. The van der Waals surface area contributed by atoms with E-state index in [0.717, 1.165) is 30.0 Å². The minimum atomic E-state index is -0.413. The third-order valence-electron chi connectivity index (χ3n) is 3.47. The normalized spacial score (nSPS) is 12.4. The number of hydrogen-bond acceptors (Lipinski definition) is 3. The van der Waals surface area contributed by atoms with Gasteiger partial charge in [0.2, 0.25) is 0 Å². The first-order valence-corrected chi connectivity index (χ1v) is 6.64. The molecule has 0 radical (unpaired) electrons. The van der Waals surface area contributed by atoms with Crippen molar-refractivity contribution in [1.82, 2.24) is 0 Å². The zero-order valence-electron chi connectivity index (χ0n) is 11.8. The summed E-state index contributed by atoms with van der Waals surface area (Å²) in [6.45, 7) is 4.73. The Balaban J connectivity index is 2.24. The van der Waals surface area contributed by atoms with Crippen molar-refractivity contribution in [3.63, 3.8) is 0 Å². The first-order valence-electron chi connectivity index (χ1n) is 6.64. The average Bonchev–Trinajstić information content (AvgIpc) is 2.83. The van der Waals surface area contributed by atoms with E-state index in [2.05, 4.69) is 4.90 Å². The van der Waals surface area contributed by atoms with E-state index in [1.54, 1.807) is 6.26 Å². The lowest BCUT2D eigenvalue weighted by molar-refractivity contribution is 0.174. The van der Waals surface area contributed by atoms with Crippen LogP contribution in [0, 0.1) is 6.92 Å². The van der Waals surface area contributed by atoms with Gasteiger partial charge in [0.25, 0.3) is 0 Å². The van der Waals surface area contributed by atoms with Crippen molar-refractivity contribution in [2.75, 3.05) is 11.9 Å². The molecule has 1 atom stereocenters. The average molecular weight is 259 g/mol. The van der Waals surface area contributed by atoms with Gasteiger partial charge in [-0.15, -0.1) is 0 Å². The number of anilines is 1. The van der Waals surface area contributed by atoms with Gasteiger partial charge in [0.1, 0.15) is 5.76 Å². The molecule has 102 valence electrons. The molecular weight excluding hydrogens is 238 g/mol. The maximum atomic E-state index is 10.1. The smallest absolute Gasteiger partial charge is 0.105 e. The number of para-hydroxylation sites is 1. The zero-order valence-corrected chi connectivity index (χ0v) is 11.8. The molecule has 2 aromatic rings. The fourth-order valence-electron chi connectivity index (χ4n) is 2.25. The zero-order chi connectivity index (χ0) is 13.8. The van der Waals surface area contributed by atoms with Gasteiger partial charge in [-0.1, -0.05) is 25.1 Å². The van der Waals surface area contributed by atoms with E-state index in [1.807, 2.05) is 51.2 Å². The largest absolute Gasteiger partial charge is 0.469 e. The summed E-state index contributed by atoms with van der Waals surface area (Å²) >= 11 is 0. The van der Waals surface area contributed by atoms with Crippen molar-refractivity contribution >= 4 is 5.69 Å². The van der Waals surface area contributed by atoms with E-state index in [9.17, 15) is 5.11 Å². The molecule has 1 heterocycles. The van der Waals surface area contributed by atoms with Gasteiger partial charge < -0.3 is 14.4 Å². The summed E-state index contributed by atoms with van der Waals surface area (Å²) < 4.78 is 5.32. The summed E-state index contributed by atoms with van der Waals surface area (Å²) in [5, 5.41) is 10.1. The number of aliphatic hydroxyl groups is 1. The Morgan fingerprint density at radius 3 is 2.63 bits per heavy atom. The van der Waals surface area contributed by atoms with Crippen LogP contribution >= 0.6 is 0 Å². The highest BCUT2D eigenvalue weighted by Crippen LogP contribution is 2.28. The molecule has 1 aromatic carbocycles. The van der Waals surface area contributed by atoms with Crippen molar-refractivity contribution in [3.05, 3.63) is 53.5 Å². The molecule has 0 aliphatic carbocycles. The highest BCUT2D eigenvalue weighted by Gasteiger charge is 2.14. The first-order chi connectivity index (χ1) is 9.13. The van der Waals surface area contributed by atoms with Crippen LogP contribution in [0.15, 0.2) is 41.0 Å². The molecule has 0 saturated heterocycles. The van der Waals surface area contributed by atoms with Gasteiger partial charge in [0.15, 0.2) is 0 Å². The van der Waals surface area contributed by atoms with Crippen molar-refractivity contribution < 1.29 is 9.52 Å². The van der Waals surface area contributed by atoms with Crippen molar-refractivity contribution in [3.8, 4) is 0 Å². The minimum absolute atomic E-state index is 0.413. The van der Waals surface area contributed by atoms with E-state index >= 15 is 0 Å². The summed E-state index contributed by atoms with van der Waals surface area (Å²) in [7, 11) is 2.04. The summed E-state index contributed by atoms with van der Waals surface area (Å²) in [5.74, 6) is 0.945. The summed E-state index contributed by atoms with van der Waals surface area (Å²) in [4.78, 5) is 2.14. The van der Waals surface area contributed by atoms with E-state index in [0.29, 0.717) is 0 Å². The standard InChI is InChI=1S/C16H21NO2/c1-4-16(18)14-7-5-6-8-15(14)17(3)11-13-9-10-19-12(13)2/h5-10,16,18H,4,11H2,1-3H3/t16-/m1/s1. The van der Waals surface area contributed by atoms with E-state index in [-0.39, 0.29) is 0 Å². The molecule has 1 N–H and O–H groups in total. The second kappa shape index (κ2) is 5.93. The lowest BCUT2D eigenvalue weighted by Gasteiger charge is -2.24. The van der Waals surface area contributed by atoms with Crippen LogP contribution in [0.5, 0.6) is 0 Å². The Hall–Kier alpha value is -1.74. The molecule has 0 amide bonds. The molecule has 0 fully saturated rings. The van der Waals surface area contributed by atoms with Crippen LogP contribution in [-0.2, 0) is 6.54 Å². The van der Waals surface area contributed by atoms with Gasteiger partial charge in [-0.3, -0.25) is 0 Å². The molecule has 2 rings (SSSR count). The van der Waals surface area contributed by atoms with Crippen LogP contribution < -0.4 is 4.90 Å². The van der Waals surface area contributed by atoms with Crippen LogP contribution in [0.25, 0.3) is 0 Å². The van der Waals surface area contributed by atoms with Crippen molar-refractivity contribution in [1.29, 1.82) is 0 Å². The number of rotatable bonds is 5. The molecule has 3 heteroatoms. The van der Waals surface area contributed by atoms with Gasteiger partial charge in [0.05, 0.1) is 12.4 Å². The maximum Gasteiger partial charge on any atom is 0.105 e. The third kappa shape index (κ3) is 2.99. The number of furan rings is 1. The number of nitrogens with zero attached hydrogens (tertiary/aromatic N) is 1. The Kier molecular flexibility index (Phi) is 4.27. The SMILES string of the molecule is CC[C@@H](O)c1ccccc1N(C)Cc1ccoc1C. The van der Waals surface area contributed by atoms with Crippen LogP contribution in [0.2, 0.25) is 0 Å². The van der Waals surface area contributed by atoms with Gasteiger partial charge in [0, 0.05) is 30.4 Å². The second-order valence-corrected chi connectivity index (χ2v) is 4.84. The molecule has 0 saturated carbocycles. The lowest BCUT2D eigenvalue weighted by Crippen LogP contribution is -2.19. The Morgan fingerprint density at radius 2 is 2.00 bits per heavy atom. The number of aryl methyl sites for hydroxylation is 1. The molecule has 3 nitrogen and oxygen atoms in total. The number of hydrogen-bond donors (Lipinski definition) is 1. The number of benzene rings is 1. The van der Waals surface area contributed by atoms with E-state index in [1.165, 1.54) is 5.56 Å². The van der Waals surface area contributed by atoms with Crippen LogP contribution in [0.4, 0.5) is 5.69 Å². The quantitative estimate of drug-likeness (QED) is 0.890. The fourth-order valence-corrected chi connectivity index (χ4v) is 2.25. The molecule has 0 aliphatic heterocycles. The predicted octanol–water partition coefficient (Wildman–Crippen LogP) is 3.67. The van der Waals surface area contributed by atoms with Gasteiger partial charge in [-0.25, -0.2) is 0 Å². The minimum Gasteiger partial charge on any atom is -0.469 e.